The molecular formula is C19H33NO3. The summed E-state index contributed by atoms with van der Waals surface area (Å²) >= 11 is 0. The van der Waals surface area contributed by atoms with Gasteiger partial charge in [0, 0.05) is 19.0 Å². The highest BCUT2D eigenvalue weighted by atomic mass is 16.5. The summed E-state index contributed by atoms with van der Waals surface area (Å²) in [5.74, 6) is 0.811. The molecule has 2 aliphatic rings. The Bertz CT molecular complexity index is 371. The summed E-state index contributed by atoms with van der Waals surface area (Å²) in [4.78, 5) is 26.3. The third-order valence-corrected chi connectivity index (χ3v) is 5.44. The summed E-state index contributed by atoms with van der Waals surface area (Å²) < 4.78 is 5.01. The molecule has 0 aromatic rings. The van der Waals surface area contributed by atoms with Crippen LogP contribution in [0.2, 0.25) is 0 Å². The topological polar surface area (TPSA) is 46.6 Å². The molecule has 0 saturated heterocycles. The highest BCUT2D eigenvalue weighted by Crippen LogP contribution is 2.29. The van der Waals surface area contributed by atoms with Gasteiger partial charge < -0.3 is 9.64 Å². The van der Waals surface area contributed by atoms with Crippen molar-refractivity contribution in [2.24, 2.45) is 5.92 Å². The lowest BCUT2D eigenvalue weighted by atomic mass is 9.86. The number of rotatable bonds is 8. The van der Waals surface area contributed by atoms with Crippen LogP contribution in [0.1, 0.15) is 84.0 Å². The molecular weight excluding hydrogens is 290 g/mol. The second kappa shape index (κ2) is 9.94. The summed E-state index contributed by atoms with van der Waals surface area (Å²) in [5.41, 5.74) is 0. The molecule has 0 heterocycles. The van der Waals surface area contributed by atoms with Crippen molar-refractivity contribution in [3.63, 3.8) is 0 Å². The Morgan fingerprint density at radius 3 is 2.26 bits per heavy atom. The fraction of sp³-hybridized carbons (Fsp3) is 0.895. The molecule has 2 fully saturated rings. The van der Waals surface area contributed by atoms with Crippen LogP contribution < -0.4 is 0 Å². The number of carbonyl (C=O) groups is 2. The van der Waals surface area contributed by atoms with Crippen molar-refractivity contribution in [1.29, 1.82) is 0 Å². The van der Waals surface area contributed by atoms with E-state index in [1.165, 1.54) is 44.9 Å². The molecule has 0 atom stereocenters. The molecule has 2 saturated carbocycles. The molecule has 132 valence electrons. The molecule has 0 radical (unpaired) electrons. The lowest BCUT2D eigenvalue weighted by Crippen LogP contribution is -2.40. The van der Waals surface area contributed by atoms with Gasteiger partial charge in [-0.2, -0.15) is 0 Å². The van der Waals surface area contributed by atoms with Gasteiger partial charge in [-0.3, -0.25) is 9.59 Å². The van der Waals surface area contributed by atoms with Gasteiger partial charge >= 0.3 is 5.97 Å². The summed E-state index contributed by atoms with van der Waals surface area (Å²) in [7, 11) is 0. The van der Waals surface area contributed by atoms with E-state index < -0.39 is 0 Å². The summed E-state index contributed by atoms with van der Waals surface area (Å²) in [5, 5.41) is 0. The van der Waals surface area contributed by atoms with E-state index in [0.29, 0.717) is 32.0 Å². The lowest BCUT2D eigenvalue weighted by molar-refractivity contribution is -0.144. The minimum atomic E-state index is -0.185. The molecule has 4 heteroatoms. The van der Waals surface area contributed by atoms with Crippen molar-refractivity contribution in [1.82, 2.24) is 4.90 Å². The zero-order valence-corrected chi connectivity index (χ0v) is 14.7. The number of esters is 1. The van der Waals surface area contributed by atoms with Crippen molar-refractivity contribution in [2.75, 3.05) is 13.2 Å². The molecule has 0 aliphatic heterocycles. The molecule has 4 nitrogen and oxygen atoms in total. The number of nitrogens with zero attached hydrogens (tertiary/aromatic N) is 1. The van der Waals surface area contributed by atoms with E-state index in [0.717, 1.165) is 25.2 Å². The van der Waals surface area contributed by atoms with Crippen LogP contribution >= 0.6 is 0 Å². The van der Waals surface area contributed by atoms with Crippen molar-refractivity contribution < 1.29 is 14.3 Å². The smallest absolute Gasteiger partial charge is 0.307 e. The Kier molecular flexibility index (Phi) is 7.90. The van der Waals surface area contributed by atoms with Crippen LogP contribution in [0.25, 0.3) is 0 Å². The van der Waals surface area contributed by atoms with Crippen LogP contribution in [-0.4, -0.2) is 36.0 Å². The van der Waals surface area contributed by atoms with Gasteiger partial charge in [-0.25, -0.2) is 0 Å². The Balaban J connectivity index is 1.81. The SMILES string of the molecule is CCOC(=O)CCN(C(=O)CCC1CCCCC1)C1CCCC1. The average molecular weight is 323 g/mol. The maximum atomic E-state index is 12.7. The molecule has 2 rings (SSSR count). The molecule has 0 N–H and O–H groups in total. The minimum Gasteiger partial charge on any atom is -0.466 e. The highest BCUT2D eigenvalue weighted by Gasteiger charge is 2.27. The fourth-order valence-corrected chi connectivity index (χ4v) is 4.12. The summed E-state index contributed by atoms with van der Waals surface area (Å²) in [6.07, 6.45) is 13.2. The summed E-state index contributed by atoms with van der Waals surface area (Å²) in [6, 6.07) is 0.350. The van der Waals surface area contributed by atoms with E-state index >= 15 is 0 Å². The van der Waals surface area contributed by atoms with Crippen molar-refractivity contribution in [3.05, 3.63) is 0 Å². The number of hydrogen-bond donors (Lipinski definition) is 0. The maximum absolute atomic E-state index is 12.7. The molecule has 0 unspecified atom stereocenters. The van der Waals surface area contributed by atoms with Gasteiger partial charge in [-0.05, 0) is 32.1 Å². The Morgan fingerprint density at radius 1 is 0.957 bits per heavy atom. The van der Waals surface area contributed by atoms with Crippen LogP contribution in [0.5, 0.6) is 0 Å². The van der Waals surface area contributed by atoms with Gasteiger partial charge in [-0.15, -0.1) is 0 Å². The quantitative estimate of drug-likeness (QED) is 0.633. The number of amides is 1. The Hall–Kier alpha value is -1.06. The zero-order chi connectivity index (χ0) is 16.5. The third kappa shape index (κ3) is 6.15. The lowest BCUT2D eigenvalue weighted by Gasteiger charge is -2.30. The van der Waals surface area contributed by atoms with Gasteiger partial charge in [0.25, 0.3) is 0 Å². The van der Waals surface area contributed by atoms with Crippen LogP contribution in [0, 0.1) is 5.92 Å². The monoisotopic (exact) mass is 323 g/mol. The van der Waals surface area contributed by atoms with Crippen molar-refractivity contribution in [2.45, 2.75) is 90.0 Å². The first-order chi connectivity index (χ1) is 11.2. The normalized spacial score (nSPS) is 19.7. The van der Waals surface area contributed by atoms with Crippen molar-refractivity contribution >= 4 is 11.9 Å². The van der Waals surface area contributed by atoms with E-state index in [1.54, 1.807) is 0 Å². The van der Waals surface area contributed by atoms with E-state index in [-0.39, 0.29) is 11.9 Å². The molecule has 0 spiro atoms. The second-order valence-electron chi connectivity index (χ2n) is 7.12. The molecule has 23 heavy (non-hydrogen) atoms. The zero-order valence-electron chi connectivity index (χ0n) is 14.7. The fourth-order valence-electron chi connectivity index (χ4n) is 4.12. The van der Waals surface area contributed by atoms with Gasteiger partial charge in [0.15, 0.2) is 0 Å². The van der Waals surface area contributed by atoms with E-state index in [1.807, 2.05) is 11.8 Å². The largest absolute Gasteiger partial charge is 0.466 e. The van der Waals surface area contributed by atoms with Gasteiger partial charge in [-0.1, -0.05) is 44.9 Å². The minimum absolute atomic E-state index is 0.185. The van der Waals surface area contributed by atoms with Gasteiger partial charge in [0.2, 0.25) is 5.91 Å². The third-order valence-electron chi connectivity index (χ3n) is 5.44. The molecule has 1 amide bonds. The Labute approximate surface area is 140 Å². The molecule has 0 aromatic carbocycles. The number of carbonyl (C=O) groups excluding carboxylic acids is 2. The van der Waals surface area contributed by atoms with E-state index in [9.17, 15) is 9.59 Å². The number of ether oxygens (including phenoxy) is 1. The van der Waals surface area contributed by atoms with E-state index in [4.69, 9.17) is 4.74 Å². The Morgan fingerprint density at radius 2 is 1.61 bits per heavy atom. The van der Waals surface area contributed by atoms with E-state index in [2.05, 4.69) is 0 Å². The molecule has 2 aliphatic carbocycles. The van der Waals surface area contributed by atoms with Crippen LogP contribution in [0.15, 0.2) is 0 Å². The van der Waals surface area contributed by atoms with Gasteiger partial charge in [0.05, 0.1) is 13.0 Å². The first kappa shape index (κ1) is 18.3. The molecule has 0 aromatic heterocycles. The number of hydrogen-bond acceptors (Lipinski definition) is 3. The predicted molar refractivity (Wildman–Crippen MR) is 91.0 cm³/mol. The average Bonchev–Trinajstić information content (AvgIpc) is 3.08. The molecule has 0 bridgehead atoms. The van der Waals surface area contributed by atoms with Crippen LogP contribution in [0.3, 0.4) is 0 Å². The first-order valence-corrected chi connectivity index (χ1v) is 9.65. The first-order valence-electron chi connectivity index (χ1n) is 9.65. The van der Waals surface area contributed by atoms with Crippen LogP contribution in [0.4, 0.5) is 0 Å². The highest BCUT2D eigenvalue weighted by molar-refractivity contribution is 5.77. The van der Waals surface area contributed by atoms with Crippen LogP contribution in [-0.2, 0) is 14.3 Å². The van der Waals surface area contributed by atoms with Crippen molar-refractivity contribution in [3.8, 4) is 0 Å². The predicted octanol–water partition coefficient (Wildman–Crippen LogP) is 4.07. The summed E-state index contributed by atoms with van der Waals surface area (Å²) in [6.45, 7) is 2.77. The maximum Gasteiger partial charge on any atom is 0.307 e. The van der Waals surface area contributed by atoms with Gasteiger partial charge in [0.1, 0.15) is 0 Å². The standard InChI is InChI=1S/C19H33NO3/c1-2-23-19(22)14-15-20(17-10-6-7-11-17)18(21)13-12-16-8-4-3-5-9-16/h16-17H,2-15H2,1H3. The second-order valence-corrected chi connectivity index (χ2v) is 7.12.